The summed E-state index contributed by atoms with van der Waals surface area (Å²) in [4.78, 5) is 2.38. The maximum atomic E-state index is 10.2. The Labute approximate surface area is 131 Å². The van der Waals surface area contributed by atoms with E-state index >= 15 is 0 Å². The number of hydrogen-bond acceptors (Lipinski definition) is 4. The zero-order chi connectivity index (χ0) is 15.1. The largest absolute Gasteiger partial charge is 0.386 e. The van der Waals surface area contributed by atoms with Gasteiger partial charge >= 0.3 is 0 Å². The summed E-state index contributed by atoms with van der Waals surface area (Å²) in [6, 6.07) is 8.19. The van der Waals surface area contributed by atoms with E-state index in [0.29, 0.717) is 13.2 Å². The smallest absolute Gasteiger partial charge is 0.102 e. The highest BCUT2D eigenvalue weighted by Gasteiger charge is 2.09. The Morgan fingerprint density at radius 3 is 2.81 bits per heavy atom. The Kier molecular flexibility index (Phi) is 6.64. The maximum Gasteiger partial charge on any atom is 0.102 e. The van der Waals surface area contributed by atoms with Crippen molar-refractivity contribution in [2.24, 2.45) is 0 Å². The molecule has 0 aliphatic rings. The van der Waals surface area contributed by atoms with E-state index in [4.69, 9.17) is 4.74 Å². The van der Waals surface area contributed by atoms with Crippen molar-refractivity contribution in [1.82, 2.24) is 4.90 Å². The van der Waals surface area contributed by atoms with Gasteiger partial charge in [0.25, 0.3) is 0 Å². The maximum absolute atomic E-state index is 10.2. The molecule has 0 spiro atoms. The van der Waals surface area contributed by atoms with Crippen LogP contribution in [0, 0.1) is 0 Å². The lowest BCUT2D eigenvalue weighted by atomic mass is 10.1. The number of thiophene rings is 1. The fraction of sp³-hybridized carbons (Fsp3) is 0.529. The molecule has 1 heterocycles. The zero-order valence-electron chi connectivity index (χ0n) is 12.9. The standard InChI is InChI=1S/C17H25NO2S/c1-3-18(4-2)9-5-10-20-13-16(19)14-6-7-17-15(12-14)8-11-21-17/h6-8,11-12,16,19H,3-5,9-10,13H2,1-2H3. The summed E-state index contributed by atoms with van der Waals surface area (Å²) in [6.45, 7) is 8.65. The molecule has 0 radical (unpaired) electrons. The molecule has 0 fully saturated rings. The highest BCUT2D eigenvalue weighted by Crippen LogP contribution is 2.24. The van der Waals surface area contributed by atoms with Crippen LogP contribution in [0.15, 0.2) is 29.6 Å². The van der Waals surface area contributed by atoms with Crippen LogP contribution in [0.1, 0.15) is 31.9 Å². The number of fused-ring (bicyclic) bond motifs is 1. The van der Waals surface area contributed by atoms with Crippen molar-refractivity contribution < 1.29 is 9.84 Å². The Morgan fingerprint density at radius 1 is 1.24 bits per heavy atom. The van der Waals surface area contributed by atoms with E-state index in [2.05, 4.69) is 42.3 Å². The Hall–Kier alpha value is -0.940. The van der Waals surface area contributed by atoms with Crippen molar-refractivity contribution in [3.05, 3.63) is 35.2 Å². The van der Waals surface area contributed by atoms with Crippen molar-refractivity contribution in [2.45, 2.75) is 26.4 Å². The number of rotatable bonds is 9. The van der Waals surface area contributed by atoms with Crippen molar-refractivity contribution in [3.63, 3.8) is 0 Å². The lowest BCUT2D eigenvalue weighted by molar-refractivity contribution is 0.0326. The van der Waals surface area contributed by atoms with Gasteiger partial charge in [0, 0.05) is 17.9 Å². The second-order valence-corrected chi connectivity index (χ2v) is 6.14. The molecule has 116 valence electrons. The van der Waals surface area contributed by atoms with Crippen molar-refractivity contribution >= 4 is 21.4 Å². The summed E-state index contributed by atoms with van der Waals surface area (Å²) >= 11 is 1.72. The molecule has 3 nitrogen and oxygen atoms in total. The van der Waals surface area contributed by atoms with Crippen LogP contribution in [-0.2, 0) is 4.74 Å². The molecule has 0 amide bonds. The third kappa shape index (κ3) is 4.78. The number of hydrogen-bond donors (Lipinski definition) is 1. The predicted octanol–water partition coefficient (Wildman–Crippen LogP) is 3.68. The van der Waals surface area contributed by atoms with Crippen molar-refractivity contribution in [1.29, 1.82) is 0 Å². The van der Waals surface area contributed by atoms with Crippen LogP contribution in [0.5, 0.6) is 0 Å². The van der Waals surface area contributed by atoms with Crippen LogP contribution in [0.25, 0.3) is 10.1 Å². The Morgan fingerprint density at radius 2 is 2.05 bits per heavy atom. The molecular weight excluding hydrogens is 282 g/mol. The molecular formula is C17H25NO2S. The summed E-state index contributed by atoms with van der Waals surface area (Å²) in [5.74, 6) is 0. The van der Waals surface area contributed by atoms with Crippen LogP contribution in [-0.4, -0.2) is 42.9 Å². The minimum Gasteiger partial charge on any atom is -0.386 e. The lowest BCUT2D eigenvalue weighted by Gasteiger charge is -2.18. The highest BCUT2D eigenvalue weighted by molar-refractivity contribution is 7.17. The number of aliphatic hydroxyl groups is 1. The van der Waals surface area contributed by atoms with Crippen LogP contribution in [0.2, 0.25) is 0 Å². The van der Waals surface area contributed by atoms with E-state index in [-0.39, 0.29) is 0 Å². The summed E-state index contributed by atoms with van der Waals surface area (Å²) in [7, 11) is 0. The third-order valence-corrected chi connectivity index (χ3v) is 4.69. The van der Waals surface area contributed by atoms with Gasteiger partial charge in [0.05, 0.1) is 6.61 Å². The van der Waals surface area contributed by atoms with Gasteiger partial charge in [0.15, 0.2) is 0 Å². The van der Waals surface area contributed by atoms with Crippen LogP contribution < -0.4 is 0 Å². The van der Waals surface area contributed by atoms with E-state index in [1.54, 1.807) is 11.3 Å². The fourth-order valence-electron chi connectivity index (χ4n) is 2.41. The van der Waals surface area contributed by atoms with Gasteiger partial charge in [0.1, 0.15) is 6.10 Å². The molecule has 4 heteroatoms. The zero-order valence-corrected chi connectivity index (χ0v) is 13.7. The van der Waals surface area contributed by atoms with Crippen molar-refractivity contribution in [3.8, 4) is 0 Å². The first-order valence-electron chi connectivity index (χ1n) is 7.70. The van der Waals surface area contributed by atoms with Gasteiger partial charge in [-0.2, -0.15) is 0 Å². The average Bonchev–Trinajstić information content (AvgIpc) is 2.98. The first-order valence-corrected chi connectivity index (χ1v) is 8.57. The molecule has 0 aliphatic heterocycles. The van der Waals surface area contributed by atoms with Gasteiger partial charge < -0.3 is 14.7 Å². The lowest BCUT2D eigenvalue weighted by Crippen LogP contribution is -2.25. The molecule has 2 rings (SSSR count). The molecule has 1 atom stereocenters. The van der Waals surface area contributed by atoms with Gasteiger partial charge in [-0.25, -0.2) is 0 Å². The molecule has 2 aromatic rings. The van der Waals surface area contributed by atoms with Gasteiger partial charge in [-0.3, -0.25) is 0 Å². The topological polar surface area (TPSA) is 32.7 Å². The molecule has 0 saturated carbocycles. The summed E-state index contributed by atoms with van der Waals surface area (Å²) in [5, 5.41) is 13.5. The number of aliphatic hydroxyl groups excluding tert-OH is 1. The summed E-state index contributed by atoms with van der Waals surface area (Å²) < 4.78 is 6.86. The van der Waals surface area contributed by atoms with Crippen LogP contribution in [0.4, 0.5) is 0 Å². The number of ether oxygens (including phenoxy) is 1. The average molecular weight is 307 g/mol. The minimum atomic E-state index is -0.539. The molecule has 1 aromatic heterocycles. The summed E-state index contributed by atoms with van der Waals surface area (Å²) in [6.07, 6.45) is 0.473. The Balaban J connectivity index is 1.72. The number of benzene rings is 1. The first-order chi connectivity index (χ1) is 10.2. The quantitative estimate of drug-likeness (QED) is 0.717. The Bertz CT molecular complexity index is 536. The molecule has 21 heavy (non-hydrogen) atoms. The normalized spacial score (nSPS) is 13.1. The highest BCUT2D eigenvalue weighted by atomic mass is 32.1. The van der Waals surface area contributed by atoms with Crippen molar-refractivity contribution in [2.75, 3.05) is 32.8 Å². The molecule has 1 unspecified atom stereocenters. The van der Waals surface area contributed by atoms with Gasteiger partial charge in [-0.15, -0.1) is 11.3 Å². The van der Waals surface area contributed by atoms with Gasteiger partial charge in [-0.1, -0.05) is 19.9 Å². The van der Waals surface area contributed by atoms with E-state index < -0.39 is 6.10 Å². The third-order valence-electron chi connectivity index (χ3n) is 3.79. The second-order valence-electron chi connectivity index (χ2n) is 5.19. The molecule has 0 bridgehead atoms. The first kappa shape index (κ1) is 16.4. The molecule has 0 aliphatic carbocycles. The summed E-state index contributed by atoms with van der Waals surface area (Å²) in [5.41, 5.74) is 0.935. The van der Waals surface area contributed by atoms with Gasteiger partial charge in [0.2, 0.25) is 0 Å². The minimum absolute atomic E-state index is 0.369. The molecule has 1 aromatic carbocycles. The van der Waals surface area contributed by atoms with Crippen LogP contribution >= 0.6 is 11.3 Å². The monoisotopic (exact) mass is 307 g/mol. The molecule has 0 saturated heterocycles. The predicted molar refractivity (Wildman–Crippen MR) is 90.0 cm³/mol. The van der Waals surface area contributed by atoms with Gasteiger partial charge in [-0.05, 0) is 54.0 Å². The molecule has 1 N–H and O–H groups in total. The van der Waals surface area contributed by atoms with E-state index in [9.17, 15) is 5.11 Å². The second kappa shape index (κ2) is 8.49. The van der Waals surface area contributed by atoms with E-state index in [0.717, 1.165) is 31.6 Å². The SMILES string of the molecule is CCN(CC)CCCOCC(O)c1ccc2sccc2c1. The van der Waals surface area contributed by atoms with E-state index in [1.165, 1.54) is 10.1 Å². The van der Waals surface area contributed by atoms with E-state index in [1.807, 2.05) is 6.07 Å². The fourth-order valence-corrected chi connectivity index (χ4v) is 3.18. The number of nitrogens with zero attached hydrogens (tertiary/aromatic N) is 1. The van der Waals surface area contributed by atoms with Crippen LogP contribution in [0.3, 0.4) is 0 Å².